The van der Waals surface area contributed by atoms with E-state index >= 15 is 0 Å². The first-order valence-corrected chi connectivity index (χ1v) is 7.75. The molecule has 0 aliphatic carbocycles. The molecular formula is C17H15N5O4. The van der Waals surface area contributed by atoms with Crippen molar-refractivity contribution in [2.45, 2.75) is 0 Å². The van der Waals surface area contributed by atoms with Crippen molar-refractivity contribution in [1.82, 2.24) is 15.3 Å². The second kappa shape index (κ2) is 7.43. The highest BCUT2D eigenvalue weighted by molar-refractivity contribution is 6.02. The molecule has 0 atom stereocenters. The normalized spacial score (nSPS) is 10.5. The van der Waals surface area contributed by atoms with Crippen LogP contribution in [0.15, 0.2) is 48.8 Å². The molecular weight excluding hydrogens is 338 g/mol. The van der Waals surface area contributed by atoms with Crippen molar-refractivity contribution in [3.8, 4) is 5.75 Å². The highest BCUT2D eigenvalue weighted by Crippen LogP contribution is 2.26. The Morgan fingerprint density at radius 1 is 1.15 bits per heavy atom. The van der Waals surface area contributed by atoms with E-state index in [0.717, 1.165) is 11.6 Å². The van der Waals surface area contributed by atoms with Gasteiger partial charge in [0.05, 0.1) is 10.5 Å². The summed E-state index contributed by atoms with van der Waals surface area (Å²) in [5, 5.41) is 27.1. The van der Waals surface area contributed by atoms with Gasteiger partial charge >= 0.3 is 0 Å². The number of phenols is 1. The molecule has 0 saturated carbocycles. The highest BCUT2D eigenvalue weighted by atomic mass is 16.6. The van der Waals surface area contributed by atoms with Gasteiger partial charge in [0.15, 0.2) is 5.75 Å². The van der Waals surface area contributed by atoms with Crippen LogP contribution >= 0.6 is 0 Å². The number of hydrogen-bond donors (Lipinski definition) is 3. The van der Waals surface area contributed by atoms with Crippen molar-refractivity contribution >= 4 is 28.3 Å². The fourth-order valence-electron chi connectivity index (χ4n) is 2.37. The molecule has 3 rings (SSSR count). The quantitative estimate of drug-likeness (QED) is 0.351. The van der Waals surface area contributed by atoms with Crippen LogP contribution in [0.5, 0.6) is 5.75 Å². The highest BCUT2D eigenvalue weighted by Gasteiger charge is 2.14. The lowest BCUT2D eigenvalue weighted by Gasteiger charge is -2.09. The monoisotopic (exact) mass is 353 g/mol. The van der Waals surface area contributed by atoms with Crippen LogP contribution in [0.1, 0.15) is 10.4 Å². The Morgan fingerprint density at radius 3 is 2.73 bits per heavy atom. The number of aromatic hydroxyl groups is 1. The number of carbonyl (C=O) groups is 1. The Bertz CT molecular complexity index is 959. The molecule has 0 fully saturated rings. The molecule has 0 bridgehead atoms. The number of carbonyl (C=O) groups excluding carboxylic acids is 1. The molecule has 0 spiro atoms. The van der Waals surface area contributed by atoms with Gasteiger partial charge in [0.25, 0.3) is 11.6 Å². The van der Waals surface area contributed by atoms with Gasteiger partial charge in [-0.1, -0.05) is 12.1 Å². The van der Waals surface area contributed by atoms with Gasteiger partial charge in [0.1, 0.15) is 17.5 Å². The van der Waals surface area contributed by atoms with Gasteiger partial charge < -0.3 is 15.7 Å². The summed E-state index contributed by atoms with van der Waals surface area (Å²) in [5.41, 5.74) is 0.419. The van der Waals surface area contributed by atoms with Gasteiger partial charge in [0.2, 0.25) is 0 Å². The van der Waals surface area contributed by atoms with Gasteiger partial charge in [-0.05, 0) is 18.2 Å². The number of nitrogens with one attached hydrogen (secondary N) is 2. The summed E-state index contributed by atoms with van der Waals surface area (Å²) >= 11 is 0. The standard InChI is InChI=1S/C17H15N5O4/c23-16-13(5-3-11-2-1-7-19-15(11)16)17(24)20-9-8-18-14-6-4-12(10-21-14)22(25)26/h1-7,10,23H,8-9H2,(H,18,21)(H,20,24). The second-order valence-corrected chi connectivity index (χ2v) is 5.38. The maximum Gasteiger partial charge on any atom is 0.287 e. The maximum atomic E-state index is 12.2. The van der Waals surface area contributed by atoms with Gasteiger partial charge in [0, 0.05) is 30.7 Å². The fraction of sp³-hybridized carbons (Fsp3) is 0.118. The van der Waals surface area contributed by atoms with Gasteiger partial charge in [-0.2, -0.15) is 0 Å². The average molecular weight is 353 g/mol. The minimum absolute atomic E-state index is 0.0933. The molecule has 9 nitrogen and oxygen atoms in total. The zero-order valence-corrected chi connectivity index (χ0v) is 13.5. The topological polar surface area (TPSA) is 130 Å². The van der Waals surface area contributed by atoms with Gasteiger partial charge in [-0.15, -0.1) is 0 Å². The molecule has 0 radical (unpaired) electrons. The Morgan fingerprint density at radius 2 is 2.00 bits per heavy atom. The molecule has 2 heterocycles. The van der Waals surface area contributed by atoms with E-state index in [4.69, 9.17) is 0 Å². The third-order valence-corrected chi connectivity index (χ3v) is 3.67. The Balaban J connectivity index is 1.56. The predicted molar refractivity (Wildman–Crippen MR) is 95.1 cm³/mol. The largest absolute Gasteiger partial charge is 0.505 e. The van der Waals surface area contributed by atoms with Crippen molar-refractivity contribution in [3.05, 3.63) is 64.5 Å². The third-order valence-electron chi connectivity index (χ3n) is 3.67. The van der Waals surface area contributed by atoms with Crippen molar-refractivity contribution in [1.29, 1.82) is 0 Å². The number of hydrogen-bond acceptors (Lipinski definition) is 7. The molecule has 132 valence electrons. The summed E-state index contributed by atoms with van der Waals surface area (Å²) in [5.74, 6) is -0.123. The Kier molecular flexibility index (Phi) is 4.88. The summed E-state index contributed by atoms with van der Waals surface area (Å²) in [6.07, 6.45) is 2.70. The molecule has 2 aromatic heterocycles. The predicted octanol–water partition coefficient (Wildman–Crippen LogP) is 2.09. The number of nitro groups is 1. The summed E-state index contributed by atoms with van der Waals surface area (Å²) in [6, 6.07) is 9.63. The van der Waals surface area contributed by atoms with Crippen molar-refractivity contribution in [2.75, 3.05) is 18.4 Å². The molecule has 3 aromatic rings. The molecule has 1 amide bonds. The molecule has 0 saturated heterocycles. The van der Waals surface area contributed by atoms with Crippen molar-refractivity contribution in [3.63, 3.8) is 0 Å². The maximum absolute atomic E-state index is 12.2. The van der Waals surface area contributed by atoms with Crippen LogP contribution in [-0.2, 0) is 0 Å². The number of nitrogens with zero attached hydrogens (tertiary/aromatic N) is 3. The van der Waals surface area contributed by atoms with E-state index in [1.165, 1.54) is 12.1 Å². The number of phenolic OH excluding ortho intramolecular Hbond substituents is 1. The summed E-state index contributed by atoms with van der Waals surface area (Å²) in [6.45, 7) is 0.639. The minimum Gasteiger partial charge on any atom is -0.505 e. The fourth-order valence-corrected chi connectivity index (χ4v) is 2.37. The number of amides is 1. The third kappa shape index (κ3) is 3.66. The first-order chi connectivity index (χ1) is 12.6. The summed E-state index contributed by atoms with van der Waals surface area (Å²) in [7, 11) is 0. The lowest BCUT2D eigenvalue weighted by Crippen LogP contribution is -2.29. The van der Waals surface area contributed by atoms with Crippen LogP contribution in [0.4, 0.5) is 11.5 Å². The number of aromatic nitrogens is 2. The number of benzene rings is 1. The van der Waals surface area contributed by atoms with Crippen LogP contribution in [0, 0.1) is 10.1 Å². The first-order valence-electron chi connectivity index (χ1n) is 7.75. The number of anilines is 1. The smallest absolute Gasteiger partial charge is 0.287 e. The number of rotatable bonds is 6. The van der Waals surface area contributed by atoms with Crippen LogP contribution in [-0.4, -0.2) is 39.0 Å². The van der Waals surface area contributed by atoms with Crippen molar-refractivity contribution in [2.24, 2.45) is 0 Å². The van der Waals surface area contributed by atoms with E-state index in [0.29, 0.717) is 17.9 Å². The van der Waals surface area contributed by atoms with E-state index in [9.17, 15) is 20.0 Å². The summed E-state index contributed by atoms with van der Waals surface area (Å²) in [4.78, 5) is 30.3. The van der Waals surface area contributed by atoms with E-state index < -0.39 is 10.8 Å². The van der Waals surface area contributed by atoms with E-state index in [2.05, 4.69) is 20.6 Å². The Labute approximate surface area is 147 Å². The molecule has 26 heavy (non-hydrogen) atoms. The average Bonchev–Trinajstić information content (AvgIpc) is 2.66. The van der Waals surface area contributed by atoms with Crippen LogP contribution in [0.25, 0.3) is 10.9 Å². The van der Waals surface area contributed by atoms with Crippen molar-refractivity contribution < 1.29 is 14.8 Å². The minimum atomic E-state index is -0.526. The molecule has 1 aromatic carbocycles. The van der Waals surface area contributed by atoms with E-state index in [1.807, 2.05) is 0 Å². The zero-order chi connectivity index (χ0) is 18.5. The molecule has 0 unspecified atom stereocenters. The van der Waals surface area contributed by atoms with Crippen LogP contribution < -0.4 is 10.6 Å². The first kappa shape index (κ1) is 17.1. The molecule has 0 aliphatic heterocycles. The van der Waals surface area contributed by atoms with Crippen LogP contribution in [0.3, 0.4) is 0 Å². The number of pyridine rings is 2. The Hall–Kier alpha value is -3.75. The zero-order valence-electron chi connectivity index (χ0n) is 13.5. The molecule has 0 aliphatic rings. The van der Waals surface area contributed by atoms with Gasteiger partial charge in [-0.3, -0.25) is 19.9 Å². The van der Waals surface area contributed by atoms with E-state index in [1.54, 1.807) is 30.5 Å². The molecule has 3 N–H and O–H groups in total. The van der Waals surface area contributed by atoms with E-state index in [-0.39, 0.29) is 23.5 Å². The summed E-state index contributed by atoms with van der Waals surface area (Å²) < 4.78 is 0. The lowest BCUT2D eigenvalue weighted by atomic mass is 10.1. The lowest BCUT2D eigenvalue weighted by molar-refractivity contribution is -0.385. The molecule has 9 heteroatoms. The van der Waals surface area contributed by atoms with Crippen LogP contribution in [0.2, 0.25) is 0 Å². The van der Waals surface area contributed by atoms with Gasteiger partial charge in [-0.25, -0.2) is 4.98 Å². The second-order valence-electron chi connectivity index (χ2n) is 5.38. The number of fused-ring (bicyclic) bond motifs is 1. The SMILES string of the molecule is O=C(NCCNc1ccc([N+](=O)[O-])cn1)c1ccc2cccnc2c1O.